The molecule has 1 atom stereocenters. The molecular weight excluding hydrogens is 131 g/mol. The highest BCUT2D eigenvalue weighted by molar-refractivity contribution is 6.39. The Hall–Kier alpha value is 0.0649. The molecule has 0 N–H and O–H groups in total. The van der Waals surface area contributed by atoms with Gasteiger partial charge in [0.05, 0.1) is 0 Å². The van der Waals surface area contributed by atoms with Crippen LogP contribution < -0.4 is 0 Å². The van der Waals surface area contributed by atoms with Crippen LogP contribution in [0.15, 0.2) is 0 Å². The third-order valence-corrected chi connectivity index (χ3v) is 2.68. The van der Waals surface area contributed by atoms with E-state index in [-0.39, 0.29) is 0 Å². The van der Waals surface area contributed by atoms with Crippen molar-refractivity contribution in [1.29, 1.82) is 0 Å². The van der Waals surface area contributed by atoms with Crippen LogP contribution in [-0.2, 0) is 0 Å². The molecule has 1 unspecified atom stereocenters. The Labute approximate surface area is 73.0 Å². The lowest BCUT2D eigenvalue weighted by Gasteiger charge is -2.22. The molecule has 0 saturated carbocycles. The van der Waals surface area contributed by atoms with E-state index in [0.717, 1.165) is 5.92 Å². The van der Waals surface area contributed by atoms with Crippen LogP contribution in [0.1, 0.15) is 47.5 Å². The molecule has 0 aliphatic heterocycles. The molecule has 0 spiro atoms. The van der Waals surface area contributed by atoms with Gasteiger partial charge in [0.25, 0.3) is 0 Å². The molecule has 0 aliphatic rings. The van der Waals surface area contributed by atoms with Gasteiger partial charge in [-0.05, 0) is 0 Å². The largest absolute Gasteiger partial charge is 0.117 e. The molecule has 0 fully saturated rings. The van der Waals surface area contributed by atoms with Crippen LogP contribution in [0.5, 0.6) is 0 Å². The van der Waals surface area contributed by atoms with Gasteiger partial charge < -0.3 is 0 Å². The Morgan fingerprint density at radius 2 is 1.82 bits per heavy atom. The van der Waals surface area contributed by atoms with E-state index in [1.807, 2.05) is 0 Å². The highest BCUT2D eigenvalue weighted by Gasteiger charge is 2.16. The molecule has 65 valence electrons. The molecule has 0 aromatic carbocycles. The molecule has 0 bridgehead atoms. The van der Waals surface area contributed by atoms with Gasteiger partial charge in [0.1, 0.15) is 7.28 Å². The first-order valence-electron chi connectivity index (χ1n) is 4.86. The Kier molecular flexibility index (Phi) is 4.87. The van der Waals surface area contributed by atoms with Gasteiger partial charge in [0, 0.05) is 0 Å². The van der Waals surface area contributed by atoms with Crippen molar-refractivity contribution in [3.05, 3.63) is 0 Å². The van der Waals surface area contributed by atoms with E-state index in [9.17, 15) is 0 Å². The summed E-state index contributed by atoms with van der Waals surface area (Å²) >= 11 is 0. The molecule has 11 heavy (non-hydrogen) atoms. The molecule has 0 saturated heterocycles. The van der Waals surface area contributed by atoms with E-state index in [1.165, 1.54) is 19.2 Å². The minimum Gasteiger partial charge on any atom is -0.0771 e. The normalized spacial score (nSPS) is 14.6. The first-order valence-corrected chi connectivity index (χ1v) is 4.86. The van der Waals surface area contributed by atoms with Crippen molar-refractivity contribution in [2.75, 3.05) is 0 Å². The summed E-state index contributed by atoms with van der Waals surface area (Å²) in [6.45, 7) is 11.5. The van der Waals surface area contributed by atoms with Crippen molar-refractivity contribution in [1.82, 2.24) is 0 Å². The van der Waals surface area contributed by atoms with Crippen molar-refractivity contribution < 1.29 is 0 Å². The van der Waals surface area contributed by atoms with E-state index in [1.54, 1.807) is 0 Å². The standard InChI is InChI=1S/C10H22B/c1-6-9(3)8-11-10(4,5)7-2/h9H,6-8H2,1-5H3. The summed E-state index contributed by atoms with van der Waals surface area (Å²) in [4.78, 5) is 0. The maximum absolute atomic E-state index is 2.47. The Bertz CT molecular complexity index is 97.0. The molecule has 0 aromatic heterocycles. The first-order chi connectivity index (χ1) is 5.02. The Morgan fingerprint density at radius 3 is 2.18 bits per heavy atom. The monoisotopic (exact) mass is 153 g/mol. The van der Waals surface area contributed by atoms with Crippen LogP contribution in [0.4, 0.5) is 0 Å². The van der Waals surface area contributed by atoms with Gasteiger partial charge in [-0.15, -0.1) is 0 Å². The highest BCUT2D eigenvalue weighted by atomic mass is 14.1. The zero-order chi connectivity index (χ0) is 8.91. The molecule has 1 heteroatoms. The lowest BCUT2D eigenvalue weighted by atomic mass is 9.49. The lowest BCUT2D eigenvalue weighted by molar-refractivity contribution is 0.590. The van der Waals surface area contributed by atoms with E-state index in [2.05, 4.69) is 41.9 Å². The average molecular weight is 153 g/mol. The second-order valence-corrected chi connectivity index (χ2v) is 4.30. The summed E-state index contributed by atoms with van der Waals surface area (Å²) in [5.41, 5.74) is 0. The van der Waals surface area contributed by atoms with Gasteiger partial charge in [-0.2, -0.15) is 0 Å². The highest BCUT2D eigenvalue weighted by Crippen LogP contribution is 2.29. The smallest absolute Gasteiger partial charge is 0.0771 e. The number of rotatable bonds is 5. The predicted molar refractivity (Wildman–Crippen MR) is 54.3 cm³/mol. The molecule has 1 radical (unpaired) electrons. The van der Waals surface area contributed by atoms with Gasteiger partial charge in [-0.1, -0.05) is 65.0 Å². The van der Waals surface area contributed by atoms with E-state index in [0.29, 0.717) is 5.31 Å². The van der Waals surface area contributed by atoms with Crippen LogP contribution >= 0.6 is 0 Å². The zero-order valence-electron chi connectivity index (χ0n) is 8.78. The van der Waals surface area contributed by atoms with Gasteiger partial charge in [0.15, 0.2) is 0 Å². The van der Waals surface area contributed by atoms with E-state index < -0.39 is 0 Å². The molecule has 0 amide bonds. The summed E-state index contributed by atoms with van der Waals surface area (Å²) < 4.78 is 0. The molecule has 0 nitrogen and oxygen atoms in total. The minimum absolute atomic E-state index is 0.448. The van der Waals surface area contributed by atoms with Crippen LogP contribution in [-0.4, -0.2) is 7.28 Å². The molecular formula is C10H22B. The minimum atomic E-state index is 0.448. The van der Waals surface area contributed by atoms with Crippen LogP contribution in [0.25, 0.3) is 0 Å². The first kappa shape index (κ1) is 11.1. The summed E-state index contributed by atoms with van der Waals surface area (Å²) in [6.07, 6.45) is 3.83. The fourth-order valence-electron chi connectivity index (χ4n) is 0.831. The molecule has 0 rings (SSSR count). The van der Waals surface area contributed by atoms with Gasteiger partial charge in [-0.3, -0.25) is 0 Å². The van der Waals surface area contributed by atoms with Gasteiger partial charge >= 0.3 is 0 Å². The predicted octanol–water partition coefficient (Wildman–Crippen LogP) is 3.76. The average Bonchev–Trinajstić information content (AvgIpc) is 2.00. The third kappa shape index (κ3) is 5.35. The molecule has 0 aromatic rings. The maximum atomic E-state index is 2.47. The van der Waals surface area contributed by atoms with Crippen molar-refractivity contribution in [2.24, 2.45) is 5.92 Å². The van der Waals surface area contributed by atoms with Crippen molar-refractivity contribution >= 4 is 7.28 Å². The summed E-state index contributed by atoms with van der Waals surface area (Å²) in [5, 5.41) is 0.448. The second-order valence-electron chi connectivity index (χ2n) is 4.30. The molecule has 0 heterocycles. The van der Waals surface area contributed by atoms with Gasteiger partial charge in [0.2, 0.25) is 0 Å². The Morgan fingerprint density at radius 1 is 1.27 bits per heavy atom. The topological polar surface area (TPSA) is 0 Å². The van der Waals surface area contributed by atoms with Crippen molar-refractivity contribution in [3.8, 4) is 0 Å². The Balaban J connectivity index is 3.52. The lowest BCUT2D eigenvalue weighted by Crippen LogP contribution is -2.13. The van der Waals surface area contributed by atoms with Crippen molar-refractivity contribution in [3.63, 3.8) is 0 Å². The molecule has 0 aliphatic carbocycles. The van der Waals surface area contributed by atoms with Crippen LogP contribution in [0.3, 0.4) is 0 Å². The van der Waals surface area contributed by atoms with Crippen molar-refractivity contribution in [2.45, 2.75) is 59.1 Å². The summed E-state index contributed by atoms with van der Waals surface area (Å²) in [6, 6.07) is 0. The van der Waals surface area contributed by atoms with Crippen LogP contribution in [0.2, 0.25) is 11.6 Å². The maximum Gasteiger partial charge on any atom is 0.117 e. The second kappa shape index (κ2) is 4.85. The third-order valence-electron chi connectivity index (χ3n) is 2.68. The number of hydrogen-bond donors (Lipinski definition) is 0. The zero-order valence-corrected chi connectivity index (χ0v) is 8.78. The summed E-state index contributed by atoms with van der Waals surface area (Å²) in [7, 11) is 2.47. The summed E-state index contributed by atoms with van der Waals surface area (Å²) in [5.74, 6) is 0.862. The fraction of sp³-hybridized carbons (Fsp3) is 1.00. The fourth-order valence-corrected chi connectivity index (χ4v) is 0.831. The number of hydrogen-bond acceptors (Lipinski definition) is 0. The van der Waals surface area contributed by atoms with E-state index in [4.69, 9.17) is 0 Å². The van der Waals surface area contributed by atoms with E-state index >= 15 is 0 Å². The van der Waals surface area contributed by atoms with Crippen LogP contribution in [0, 0.1) is 5.92 Å². The SMILES string of the molecule is CCC(C)C[B]C(C)(C)CC. The van der Waals surface area contributed by atoms with Gasteiger partial charge in [-0.25, -0.2) is 0 Å². The quantitative estimate of drug-likeness (QED) is 0.527.